The Hall–Kier alpha value is -2.08. The maximum Gasteiger partial charge on any atom is 0.303 e. The summed E-state index contributed by atoms with van der Waals surface area (Å²) in [6, 6.07) is 6.35. The van der Waals surface area contributed by atoms with Gasteiger partial charge in [0.2, 0.25) is 5.91 Å². The van der Waals surface area contributed by atoms with Gasteiger partial charge >= 0.3 is 5.97 Å². The Kier molecular flexibility index (Phi) is 4.21. The van der Waals surface area contributed by atoms with Crippen molar-refractivity contribution in [3.8, 4) is 5.75 Å². The molecule has 5 rings (SSSR count). The van der Waals surface area contributed by atoms with Gasteiger partial charge in [-0.25, -0.2) is 0 Å². The summed E-state index contributed by atoms with van der Waals surface area (Å²) >= 11 is 0. The molecule has 1 aliphatic heterocycles. The smallest absolute Gasteiger partial charge is 0.303 e. The van der Waals surface area contributed by atoms with E-state index in [2.05, 4.69) is 17.0 Å². The van der Waals surface area contributed by atoms with Gasteiger partial charge in [0.15, 0.2) is 0 Å². The average Bonchev–Trinajstić information content (AvgIpc) is 3.41. The van der Waals surface area contributed by atoms with Gasteiger partial charge < -0.3 is 15.2 Å². The van der Waals surface area contributed by atoms with Gasteiger partial charge in [0, 0.05) is 31.2 Å². The van der Waals surface area contributed by atoms with Crippen molar-refractivity contribution in [2.75, 3.05) is 20.2 Å². The SMILES string of the molecule is COc1ccc2c(c1)C13CCN(CC4CC4)[C@H](C2)[C@]1(OC(C)=O)CC(C(N)=O)C3. The molecular formula is C23H30N2O4. The Labute approximate surface area is 171 Å². The van der Waals surface area contributed by atoms with Crippen LogP contribution in [0.5, 0.6) is 5.75 Å². The summed E-state index contributed by atoms with van der Waals surface area (Å²) in [5.74, 6) is 0.710. The van der Waals surface area contributed by atoms with Gasteiger partial charge in [0.25, 0.3) is 0 Å². The van der Waals surface area contributed by atoms with E-state index in [0.717, 1.165) is 37.6 Å². The van der Waals surface area contributed by atoms with Crippen LogP contribution in [0.25, 0.3) is 0 Å². The van der Waals surface area contributed by atoms with Crippen molar-refractivity contribution < 1.29 is 19.1 Å². The number of fused-ring (bicyclic) bond motifs is 1. The summed E-state index contributed by atoms with van der Waals surface area (Å²) in [7, 11) is 1.67. The molecule has 156 valence electrons. The summed E-state index contributed by atoms with van der Waals surface area (Å²) in [4.78, 5) is 27.2. The lowest BCUT2D eigenvalue weighted by atomic mass is 9.56. The molecular weight excluding hydrogens is 368 g/mol. The Morgan fingerprint density at radius 1 is 1.28 bits per heavy atom. The number of ether oxygens (including phenoxy) is 2. The second kappa shape index (κ2) is 6.46. The Bertz CT molecular complexity index is 866. The molecule has 1 aromatic rings. The predicted octanol–water partition coefficient (Wildman–Crippen LogP) is 2.17. The number of likely N-dealkylation sites (tertiary alicyclic amines) is 1. The van der Waals surface area contributed by atoms with E-state index in [1.165, 1.54) is 30.9 Å². The fraction of sp³-hybridized carbons (Fsp3) is 0.652. The quantitative estimate of drug-likeness (QED) is 0.769. The Balaban J connectivity index is 1.69. The van der Waals surface area contributed by atoms with Gasteiger partial charge in [0.05, 0.1) is 13.2 Å². The van der Waals surface area contributed by atoms with Gasteiger partial charge in [-0.2, -0.15) is 0 Å². The number of nitrogens with zero attached hydrogens (tertiary/aromatic N) is 1. The number of carbonyl (C=O) groups is 2. The third kappa shape index (κ3) is 2.71. The molecule has 6 nitrogen and oxygen atoms in total. The minimum atomic E-state index is -0.703. The van der Waals surface area contributed by atoms with Crippen molar-refractivity contribution in [1.29, 1.82) is 0 Å². The van der Waals surface area contributed by atoms with Crippen LogP contribution in [0.15, 0.2) is 18.2 Å². The maximum absolute atomic E-state index is 12.3. The van der Waals surface area contributed by atoms with Crippen LogP contribution in [0, 0.1) is 11.8 Å². The van der Waals surface area contributed by atoms with Crippen LogP contribution in [-0.4, -0.2) is 48.6 Å². The molecule has 4 aliphatic rings. The summed E-state index contributed by atoms with van der Waals surface area (Å²) in [6.07, 6.45) is 5.42. The molecule has 3 fully saturated rings. The monoisotopic (exact) mass is 398 g/mol. The number of methoxy groups -OCH3 is 1. The number of nitrogens with two attached hydrogens (primary N) is 1. The molecule has 2 bridgehead atoms. The number of esters is 1. The molecule has 2 unspecified atom stereocenters. The first-order valence-corrected chi connectivity index (χ1v) is 10.8. The molecule has 2 N–H and O–H groups in total. The van der Waals surface area contributed by atoms with Gasteiger partial charge in [-0.3, -0.25) is 14.5 Å². The van der Waals surface area contributed by atoms with Crippen molar-refractivity contribution in [3.05, 3.63) is 29.3 Å². The van der Waals surface area contributed by atoms with Crippen LogP contribution >= 0.6 is 0 Å². The first-order chi connectivity index (χ1) is 13.9. The molecule has 2 saturated carbocycles. The van der Waals surface area contributed by atoms with Crippen molar-refractivity contribution in [2.45, 2.75) is 62.5 Å². The number of carbonyl (C=O) groups excluding carboxylic acids is 2. The highest BCUT2D eigenvalue weighted by molar-refractivity contribution is 5.78. The zero-order valence-corrected chi connectivity index (χ0v) is 17.3. The second-order valence-corrected chi connectivity index (χ2v) is 9.50. The largest absolute Gasteiger partial charge is 0.497 e. The van der Waals surface area contributed by atoms with Crippen LogP contribution in [0.2, 0.25) is 0 Å². The van der Waals surface area contributed by atoms with Gasteiger partial charge in [-0.15, -0.1) is 0 Å². The molecule has 1 saturated heterocycles. The lowest BCUT2D eigenvalue weighted by Gasteiger charge is -2.60. The van der Waals surface area contributed by atoms with Crippen molar-refractivity contribution in [2.24, 2.45) is 17.6 Å². The first kappa shape index (κ1) is 18.9. The van der Waals surface area contributed by atoms with Gasteiger partial charge in [-0.05, 0) is 67.8 Å². The number of piperidine rings is 1. The highest BCUT2D eigenvalue weighted by Gasteiger charge is 2.70. The lowest BCUT2D eigenvalue weighted by molar-refractivity contribution is -0.189. The normalized spacial score (nSPS) is 35.5. The fourth-order valence-electron chi connectivity index (χ4n) is 6.58. The molecule has 0 spiro atoms. The Morgan fingerprint density at radius 3 is 2.72 bits per heavy atom. The molecule has 6 heteroatoms. The van der Waals surface area contributed by atoms with E-state index in [1.807, 2.05) is 6.07 Å². The summed E-state index contributed by atoms with van der Waals surface area (Å²) in [6.45, 7) is 3.50. The molecule has 0 aromatic heterocycles. The molecule has 29 heavy (non-hydrogen) atoms. The zero-order chi connectivity index (χ0) is 20.4. The number of amides is 1. The van der Waals surface area contributed by atoms with Crippen molar-refractivity contribution in [1.82, 2.24) is 4.90 Å². The number of hydrogen-bond acceptors (Lipinski definition) is 5. The lowest BCUT2D eigenvalue weighted by Crippen LogP contribution is -2.70. The molecule has 1 heterocycles. The van der Waals surface area contributed by atoms with E-state index in [0.29, 0.717) is 12.8 Å². The standard InChI is InChI=1S/C23H30N2O4/c1-14(26)29-23-12-17(21(24)27)11-22(23)7-8-25(13-15-3-4-15)20(23)9-16-5-6-18(28-2)10-19(16)22/h5-6,10,15,17,20H,3-4,7-9,11-13H2,1-2H3,(H2,24,27)/t17?,20-,22?,23-/m1/s1. The van der Waals surface area contributed by atoms with Crippen LogP contribution in [0.3, 0.4) is 0 Å². The average molecular weight is 399 g/mol. The van der Waals surface area contributed by atoms with E-state index in [1.54, 1.807) is 7.11 Å². The fourth-order valence-corrected chi connectivity index (χ4v) is 6.58. The second-order valence-electron chi connectivity index (χ2n) is 9.50. The zero-order valence-electron chi connectivity index (χ0n) is 17.3. The van der Waals surface area contributed by atoms with E-state index >= 15 is 0 Å². The summed E-state index contributed by atoms with van der Waals surface area (Å²) < 4.78 is 11.8. The van der Waals surface area contributed by atoms with Crippen molar-refractivity contribution in [3.63, 3.8) is 0 Å². The van der Waals surface area contributed by atoms with E-state index in [4.69, 9.17) is 15.2 Å². The molecule has 3 aliphatic carbocycles. The van der Waals surface area contributed by atoms with Gasteiger partial charge in [-0.1, -0.05) is 6.07 Å². The van der Waals surface area contributed by atoms with Crippen LogP contribution in [0.4, 0.5) is 0 Å². The van der Waals surface area contributed by atoms with E-state index in [9.17, 15) is 9.59 Å². The number of rotatable bonds is 5. The first-order valence-electron chi connectivity index (χ1n) is 10.8. The topological polar surface area (TPSA) is 81.9 Å². The third-order valence-corrected chi connectivity index (χ3v) is 7.92. The minimum Gasteiger partial charge on any atom is -0.497 e. The van der Waals surface area contributed by atoms with Crippen LogP contribution < -0.4 is 10.5 Å². The summed E-state index contributed by atoms with van der Waals surface area (Å²) in [5, 5.41) is 0. The van der Waals surface area contributed by atoms with Crippen LogP contribution in [-0.2, 0) is 26.2 Å². The number of primary amides is 1. The highest BCUT2D eigenvalue weighted by atomic mass is 16.6. The predicted molar refractivity (Wildman–Crippen MR) is 107 cm³/mol. The third-order valence-electron chi connectivity index (χ3n) is 7.92. The van der Waals surface area contributed by atoms with E-state index in [-0.39, 0.29) is 29.3 Å². The molecule has 1 amide bonds. The molecule has 1 aromatic carbocycles. The number of hydrogen-bond donors (Lipinski definition) is 1. The molecule has 4 atom stereocenters. The maximum atomic E-state index is 12.3. The number of benzene rings is 1. The highest BCUT2D eigenvalue weighted by Crippen LogP contribution is 2.63. The van der Waals surface area contributed by atoms with Crippen LogP contribution in [0.1, 0.15) is 50.2 Å². The van der Waals surface area contributed by atoms with E-state index < -0.39 is 5.60 Å². The molecule has 0 radical (unpaired) electrons. The van der Waals surface area contributed by atoms with Crippen molar-refractivity contribution >= 4 is 11.9 Å². The van der Waals surface area contributed by atoms with Gasteiger partial charge in [0.1, 0.15) is 11.4 Å². The Morgan fingerprint density at radius 2 is 2.07 bits per heavy atom. The minimum absolute atomic E-state index is 0.0889. The summed E-state index contributed by atoms with van der Waals surface area (Å²) in [5.41, 5.74) is 7.18.